The summed E-state index contributed by atoms with van der Waals surface area (Å²) >= 11 is 5.99. The molecule has 110 valence electrons. The van der Waals surface area contributed by atoms with E-state index in [1.807, 2.05) is 0 Å². The van der Waals surface area contributed by atoms with Crippen LogP contribution in [0.15, 0.2) is 12.1 Å². The molecule has 0 atom stereocenters. The lowest BCUT2D eigenvalue weighted by molar-refractivity contribution is -0.384. The van der Waals surface area contributed by atoms with Crippen LogP contribution in [0, 0.1) is 10.1 Å². The topological polar surface area (TPSA) is 92.9 Å². The molecule has 0 aliphatic heterocycles. The van der Waals surface area contributed by atoms with Gasteiger partial charge in [0.25, 0.3) is 5.69 Å². The molecule has 0 heterocycles. The lowest BCUT2D eigenvalue weighted by atomic mass is 10.1. The Hall–Kier alpha value is -1.86. The molecule has 0 unspecified atom stereocenters. The van der Waals surface area contributed by atoms with E-state index in [-0.39, 0.29) is 22.0 Å². The van der Waals surface area contributed by atoms with Gasteiger partial charge in [-0.2, -0.15) is 0 Å². The summed E-state index contributed by atoms with van der Waals surface area (Å²) in [4.78, 5) is 23.0. The van der Waals surface area contributed by atoms with E-state index in [9.17, 15) is 20.0 Å². The Labute approximate surface area is 120 Å². The average Bonchev–Trinajstić information content (AvgIpc) is 2.37. The second-order valence-electron chi connectivity index (χ2n) is 4.15. The second-order valence-corrected chi connectivity index (χ2v) is 4.56. The number of nitro benzene ring substituents is 1. The molecule has 0 radical (unpaired) electrons. The summed E-state index contributed by atoms with van der Waals surface area (Å²) in [6, 6.07) is 2.16. The Morgan fingerprint density at radius 3 is 2.70 bits per heavy atom. The Kier molecular flexibility index (Phi) is 5.72. The number of rotatable bonds is 7. The van der Waals surface area contributed by atoms with Crippen LogP contribution in [0.1, 0.15) is 16.8 Å². The number of methoxy groups -OCH3 is 1. The number of halogens is 1. The van der Waals surface area contributed by atoms with E-state index in [0.29, 0.717) is 19.6 Å². The molecule has 0 saturated carbocycles. The maximum absolute atomic E-state index is 11.3. The first-order valence-electron chi connectivity index (χ1n) is 5.79. The molecule has 0 spiro atoms. The van der Waals surface area contributed by atoms with Crippen molar-refractivity contribution in [3.8, 4) is 0 Å². The predicted molar refractivity (Wildman–Crippen MR) is 74.8 cm³/mol. The van der Waals surface area contributed by atoms with Crippen molar-refractivity contribution in [2.45, 2.75) is 6.42 Å². The normalized spacial score (nSPS) is 10.3. The van der Waals surface area contributed by atoms with Gasteiger partial charge in [-0.05, 0) is 6.42 Å². The highest BCUT2D eigenvalue weighted by Crippen LogP contribution is 2.33. The molecular formula is C12H15ClN2O5. The second kappa shape index (κ2) is 7.06. The van der Waals surface area contributed by atoms with E-state index in [0.717, 1.165) is 12.1 Å². The molecule has 8 heteroatoms. The first kappa shape index (κ1) is 16.2. The van der Waals surface area contributed by atoms with Gasteiger partial charge in [-0.15, -0.1) is 0 Å². The minimum absolute atomic E-state index is 0.0384. The quantitative estimate of drug-likeness (QED) is 0.472. The van der Waals surface area contributed by atoms with E-state index in [1.165, 1.54) is 0 Å². The van der Waals surface area contributed by atoms with Gasteiger partial charge in [0.1, 0.15) is 0 Å². The number of anilines is 1. The number of aromatic carboxylic acids is 1. The molecule has 1 rings (SSSR count). The van der Waals surface area contributed by atoms with E-state index >= 15 is 0 Å². The number of hydrogen-bond donors (Lipinski definition) is 1. The van der Waals surface area contributed by atoms with E-state index in [4.69, 9.17) is 16.3 Å². The number of ether oxygens (including phenoxy) is 1. The van der Waals surface area contributed by atoms with Crippen LogP contribution in [0.5, 0.6) is 0 Å². The van der Waals surface area contributed by atoms with Crippen molar-refractivity contribution < 1.29 is 19.6 Å². The van der Waals surface area contributed by atoms with Gasteiger partial charge in [-0.3, -0.25) is 10.1 Å². The summed E-state index contributed by atoms with van der Waals surface area (Å²) in [6.07, 6.45) is 0.680. The number of carboxylic acids is 1. The summed E-state index contributed by atoms with van der Waals surface area (Å²) in [5.74, 6) is -1.26. The molecule has 1 aromatic rings. The van der Waals surface area contributed by atoms with Crippen LogP contribution in [0.3, 0.4) is 0 Å². The summed E-state index contributed by atoms with van der Waals surface area (Å²) < 4.78 is 4.92. The minimum Gasteiger partial charge on any atom is -0.478 e. The monoisotopic (exact) mass is 302 g/mol. The molecule has 1 aromatic carbocycles. The number of benzene rings is 1. The third-order valence-electron chi connectivity index (χ3n) is 2.71. The van der Waals surface area contributed by atoms with Crippen molar-refractivity contribution >= 4 is 28.9 Å². The third kappa shape index (κ3) is 3.82. The van der Waals surface area contributed by atoms with Gasteiger partial charge in [0, 0.05) is 39.4 Å². The van der Waals surface area contributed by atoms with Crippen LogP contribution < -0.4 is 4.90 Å². The highest BCUT2D eigenvalue weighted by Gasteiger charge is 2.22. The van der Waals surface area contributed by atoms with Crippen molar-refractivity contribution in [3.05, 3.63) is 32.8 Å². The Morgan fingerprint density at radius 1 is 1.55 bits per heavy atom. The largest absolute Gasteiger partial charge is 0.478 e. The standard InChI is InChI=1S/C12H15ClN2O5/c1-14(4-3-5-20-2)11-9(12(16)17)6-8(15(18)19)7-10(11)13/h6-7H,3-5H2,1-2H3,(H,16,17). The summed E-state index contributed by atoms with van der Waals surface area (Å²) in [6.45, 7) is 1.04. The third-order valence-corrected chi connectivity index (χ3v) is 3.00. The Bertz CT molecular complexity index is 521. The van der Waals surface area contributed by atoms with E-state index in [2.05, 4.69) is 0 Å². The number of hydrogen-bond acceptors (Lipinski definition) is 5. The van der Waals surface area contributed by atoms with Crippen LogP contribution in [0.2, 0.25) is 5.02 Å². The average molecular weight is 303 g/mol. The summed E-state index contributed by atoms with van der Waals surface area (Å²) in [5.41, 5.74) is -0.272. The minimum atomic E-state index is -1.26. The number of non-ortho nitro benzene ring substituents is 1. The number of carboxylic acid groups (broad SMARTS) is 1. The zero-order valence-electron chi connectivity index (χ0n) is 11.1. The fourth-order valence-corrected chi connectivity index (χ4v) is 2.16. The van der Waals surface area contributed by atoms with Gasteiger partial charge < -0.3 is 14.7 Å². The molecule has 0 aliphatic rings. The fourth-order valence-electron chi connectivity index (χ4n) is 1.80. The van der Waals surface area contributed by atoms with Crippen molar-refractivity contribution in [2.75, 3.05) is 32.2 Å². The van der Waals surface area contributed by atoms with Gasteiger partial charge in [0.05, 0.1) is 21.2 Å². The van der Waals surface area contributed by atoms with E-state index < -0.39 is 10.9 Å². The van der Waals surface area contributed by atoms with Crippen molar-refractivity contribution in [2.24, 2.45) is 0 Å². The maximum Gasteiger partial charge on any atom is 0.338 e. The van der Waals surface area contributed by atoms with E-state index in [1.54, 1.807) is 19.1 Å². The van der Waals surface area contributed by atoms with Gasteiger partial charge in [-0.1, -0.05) is 11.6 Å². The highest BCUT2D eigenvalue weighted by molar-refractivity contribution is 6.34. The Morgan fingerprint density at radius 2 is 2.20 bits per heavy atom. The number of nitrogens with zero attached hydrogens (tertiary/aromatic N) is 2. The summed E-state index contributed by atoms with van der Waals surface area (Å²) in [7, 11) is 3.25. The lowest BCUT2D eigenvalue weighted by Crippen LogP contribution is -2.22. The predicted octanol–water partition coefficient (Wildman–Crippen LogP) is 2.42. The number of nitro groups is 1. The zero-order valence-corrected chi connectivity index (χ0v) is 11.9. The van der Waals surface area contributed by atoms with Gasteiger partial charge in [0.15, 0.2) is 0 Å². The molecule has 0 aliphatic carbocycles. The van der Waals surface area contributed by atoms with Crippen LogP contribution in [0.25, 0.3) is 0 Å². The first-order valence-corrected chi connectivity index (χ1v) is 6.17. The van der Waals surface area contributed by atoms with Crippen LogP contribution >= 0.6 is 11.6 Å². The maximum atomic E-state index is 11.3. The molecule has 0 saturated heterocycles. The van der Waals surface area contributed by atoms with Crippen LogP contribution in [-0.2, 0) is 4.74 Å². The van der Waals surface area contributed by atoms with Crippen molar-refractivity contribution in [1.29, 1.82) is 0 Å². The zero-order chi connectivity index (χ0) is 15.3. The highest BCUT2D eigenvalue weighted by atomic mass is 35.5. The molecule has 0 bridgehead atoms. The van der Waals surface area contributed by atoms with Crippen molar-refractivity contribution in [3.63, 3.8) is 0 Å². The molecule has 1 N–H and O–H groups in total. The van der Waals surface area contributed by atoms with Gasteiger partial charge in [-0.25, -0.2) is 4.79 Å². The van der Waals surface area contributed by atoms with Crippen LogP contribution in [-0.4, -0.2) is 43.3 Å². The molecule has 7 nitrogen and oxygen atoms in total. The molecule has 20 heavy (non-hydrogen) atoms. The van der Waals surface area contributed by atoms with Crippen molar-refractivity contribution in [1.82, 2.24) is 0 Å². The molecule has 0 amide bonds. The van der Waals surface area contributed by atoms with Gasteiger partial charge >= 0.3 is 5.97 Å². The van der Waals surface area contributed by atoms with Gasteiger partial charge in [0.2, 0.25) is 0 Å². The Balaban J connectivity index is 3.17. The molecular weight excluding hydrogens is 288 g/mol. The SMILES string of the molecule is COCCCN(C)c1c(Cl)cc([N+](=O)[O-])cc1C(=O)O. The molecule has 0 fully saturated rings. The fraction of sp³-hybridized carbons (Fsp3) is 0.417. The smallest absolute Gasteiger partial charge is 0.338 e. The summed E-state index contributed by atoms with van der Waals surface area (Å²) in [5, 5.41) is 20.0. The van der Waals surface area contributed by atoms with Crippen LogP contribution in [0.4, 0.5) is 11.4 Å². The number of carbonyl (C=O) groups is 1. The molecule has 0 aromatic heterocycles. The first-order chi connectivity index (χ1) is 9.38. The lowest BCUT2D eigenvalue weighted by Gasteiger charge is -2.22.